The van der Waals surface area contributed by atoms with Gasteiger partial charge in [-0.25, -0.2) is 0 Å². The van der Waals surface area contributed by atoms with E-state index >= 15 is 0 Å². The van der Waals surface area contributed by atoms with E-state index in [1.54, 1.807) is 16.9 Å². The van der Waals surface area contributed by atoms with E-state index in [0.29, 0.717) is 5.75 Å². The second-order valence-electron chi connectivity index (χ2n) is 3.42. The maximum absolute atomic E-state index is 9.66. The van der Waals surface area contributed by atoms with Crippen molar-refractivity contribution >= 4 is 0 Å². The van der Waals surface area contributed by atoms with Gasteiger partial charge in [0.1, 0.15) is 5.75 Å². The monoisotopic (exact) mass is 188 g/mol. The summed E-state index contributed by atoms with van der Waals surface area (Å²) in [5, 5.41) is 13.7. The van der Waals surface area contributed by atoms with Gasteiger partial charge in [0, 0.05) is 24.4 Å². The number of phenols is 1. The highest BCUT2D eigenvalue weighted by molar-refractivity contribution is 5.69. The molecule has 0 saturated heterocycles. The van der Waals surface area contributed by atoms with Crippen molar-refractivity contribution in [3.63, 3.8) is 0 Å². The van der Waals surface area contributed by atoms with Crippen molar-refractivity contribution in [3.05, 3.63) is 36.2 Å². The molecule has 3 heteroatoms. The van der Waals surface area contributed by atoms with Crippen LogP contribution in [0.5, 0.6) is 5.75 Å². The number of rotatable bonds is 1. The fraction of sp³-hybridized carbons (Fsp3) is 0.182. The molecule has 0 bridgehead atoms. The van der Waals surface area contributed by atoms with Crippen LogP contribution in [0.2, 0.25) is 0 Å². The van der Waals surface area contributed by atoms with Crippen molar-refractivity contribution in [2.45, 2.75) is 6.92 Å². The fourth-order valence-electron chi connectivity index (χ4n) is 1.44. The first-order valence-electron chi connectivity index (χ1n) is 4.45. The maximum atomic E-state index is 9.66. The van der Waals surface area contributed by atoms with Gasteiger partial charge in [-0.05, 0) is 19.1 Å². The fourth-order valence-corrected chi connectivity index (χ4v) is 1.44. The summed E-state index contributed by atoms with van der Waals surface area (Å²) in [7, 11) is 1.86. The summed E-state index contributed by atoms with van der Waals surface area (Å²) in [6.45, 7) is 2.00. The van der Waals surface area contributed by atoms with Crippen LogP contribution in [0.1, 0.15) is 5.56 Å². The van der Waals surface area contributed by atoms with Gasteiger partial charge in [0.15, 0.2) is 0 Å². The van der Waals surface area contributed by atoms with E-state index in [1.165, 1.54) is 0 Å². The third-order valence-corrected chi connectivity index (χ3v) is 2.17. The van der Waals surface area contributed by atoms with E-state index in [2.05, 4.69) is 5.10 Å². The molecule has 0 radical (unpaired) electrons. The summed E-state index contributed by atoms with van der Waals surface area (Å²) in [5.74, 6) is 0.295. The molecule has 1 aromatic carbocycles. The predicted molar refractivity (Wildman–Crippen MR) is 55.0 cm³/mol. The quantitative estimate of drug-likeness (QED) is 0.744. The Morgan fingerprint density at radius 3 is 2.79 bits per heavy atom. The van der Waals surface area contributed by atoms with E-state index in [4.69, 9.17) is 0 Å². The topological polar surface area (TPSA) is 38.1 Å². The Hall–Kier alpha value is -1.77. The Morgan fingerprint density at radius 2 is 2.14 bits per heavy atom. The molecule has 0 unspecified atom stereocenters. The molecular weight excluding hydrogens is 176 g/mol. The Kier molecular flexibility index (Phi) is 2.00. The van der Waals surface area contributed by atoms with Crippen molar-refractivity contribution in [2.24, 2.45) is 7.05 Å². The molecule has 1 aromatic heterocycles. The van der Waals surface area contributed by atoms with Crippen molar-refractivity contribution in [2.75, 3.05) is 0 Å². The van der Waals surface area contributed by atoms with Gasteiger partial charge in [-0.1, -0.05) is 11.6 Å². The van der Waals surface area contributed by atoms with Crippen molar-refractivity contribution < 1.29 is 5.11 Å². The van der Waals surface area contributed by atoms with Gasteiger partial charge in [0.2, 0.25) is 0 Å². The van der Waals surface area contributed by atoms with Gasteiger partial charge in [0.25, 0.3) is 0 Å². The molecule has 72 valence electrons. The molecule has 0 aliphatic carbocycles. The summed E-state index contributed by atoms with van der Waals surface area (Å²) >= 11 is 0. The Morgan fingerprint density at radius 1 is 1.36 bits per heavy atom. The Labute approximate surface area is 82.6 Å². The summed E-state index contributed by atoms with van der Waals surface area (Å²) < 4.78 is 1.72. The van der Waals surface area contributed by atoms with E-state index in [-0.39, 0.29) is 0 Å². The van der Waals surface area contributed by atoms with Crippen molar-refractivity contribution in [3.8, 4) is 16.9 Å². The molecule has 0 atom stereocenters. The number of benzene rings is 1. The third-order valence-electron chi connectivity index (χ3n) is 2.17. The standard InChI is InChI=1S/C11H12N2O/c1-8-3-4-11(14)10(5-8)9-6-12-13(2)7-9/h3-7,14H,1-2H3. The van der Waals surface area contributed by atoms with Gasteiger partial charge in [-0.15, -0.1) is 0 Å². The number of phenolic OH excluding ortho intramolecular Hbond substituents is 1. The first kappa shape index (κ1) is 8.81. The van der Waals surface area contributed by atoms with E-state index in [9.17, 15) is 5.11 Å². The zero-order valence-electron chi connectivity index (χ0n) is 8.23. The van der Waals surface area contributed by atoms with Crippen LogP contribution in [0, 0.1) is 6.92 Å². The Bertz CT molecular complexity index is 460. The Balaban J connectivity index is 2.55. The average Bonchev–Trinajstić information content (AvgIpc) is 2.56. The van der Waals surface area contributed by atoms with Crippen LogP contribution in [-0.4, -0.2) is 14.9 Å². The molecule has 14 heavy (non-hydrogen) atoms. The van der Waals surface area contributed by atoms with Crippen LogP contribution in [-0.2, 0) is 7.05 Å². The minimum absolute atomic E-state index is 0.295. The second-order valence-corrected chi connectivity index (χ2v) is 3.42. The van der Waals surface area contributed by atoms with Gasteiger partial charge in [-0.2, -0.15) is 5.10 Å². The molecule has 0 spiro atoms. The number of hydrogen-bond acceptors (Lipinski definition) is 2. The summed E-state index contributed by atoms with van der Waals surface area (Å²) in [6, 6.07) is 5.54. The lowest BCUT2D eigenvalue weighted by Gasteiger charge is -2.02. The van der Waals surface area contributed by atoms with E-state index in [1.807, 2.05) is 32.3 Å². The van der Waals surface area contributed by atoms with Gasteiger partial charge >= 0.3 is 0 Å². The van der Waals surface area contributed by atoms with Gasteiger partial charge in [-0.3, -0.25) is 4.68 Å². The molecule has 0 saturated carbocycles. The lowest BCUT2D eigenvalue weighted by Crippen LogP contribution is -1.84. The van der Waals surface area contributed by atoms with Crippen LogP contribution in [0.25, 0.3) is 11.1 Å². The highest BCUT2D eigenvalue weighted by Gasteiger charge is 2.05. The largest absolute Gasteiger partial charge is 0.507 e. The van der Waals surface area contributed by atoms with Crippen molar-refractivity contribution in [1.29, 1.82) is 0 Å². The minimum Gasteiger partial charge on any atom is -0.507 e. The number of aryl methyl sites for hydroxylation is 2. The second kappa shape index (κ2) is 3.18. The van der Waals surface area contributed by atoms with Crippen LogP contribution in [0.15, 0.2) is 30.6 Å². The first-order valence-corrected chi connectivity index (χ1v) is 4.45. The van der Waals surface area contributed by atoms with Crippen LogP contribution in [0.4, 0.5) is 0 Å². The molecule has 2 rings (SSSR count). The van der Waals surface area contributed by atoms with Gasteiger partial charge < -0.3 is 5.11 Å². The smallest absolute Gasteiger partial charge is 0.123 e. The summed E-state index contributed by atoms with van der Waals surface area (Å²) in [5.41, 5.74) is 2.90. The minimum atomic E-state index is 0.295. The maximum Gasteiger partial charge on any atom is 0.123 e. The van der Waals surface area contributed by atoms with E-state index in [0.717, 1.165) is 16.7 Å². The average molecular weight is 188 g/mol. The molecule has 2 aromatic rings. The summed E-state index contributed by atoms with van der Waals surface area (Å²) in [4.78, 5) is 0. The third kappa shape index (κ3) is 1.48. The predicted octanol–water partition coefficient (Wildman–Crippen LogP) is 2.10. The molecule has 0 amide bonds. The van der Waals surface area contributed by atoms with Crippen LogP contribution in [0.3, 0.4) is 0 Å². The normalized spacial score (nSPS) is 10.4. The number of nitrogens with zero attached hydrogens (tertiary/aromatic N) is 2. The molecule has 3 nitrogen and oxygen atoms in total. The van der Waals surface area contributed by atoms with E-state index < -0.39 is 0 Å². The van der Waals surface area contributed by atoms with Crippen LogP contribution < -0.4 is 0 Å². The van der Waals surface area contributed by atoms with Crippen molar-refractivity contribution in [1.82, 2.24) is 9.78 Å². The first-order chi connectivity index (χ1) is 6.66. The molecule has 1 heterocycles. The SMILES string of the molecule is Cc1ccc(O)c(-c2cnn(C)c2)c1. The zero-order chi connectivity index (χ0) is 10.1. The molecule has 1 N–H and O–H groups in total. The summed E-state index contributed by atoms with van der Waals surface area (Å²) in [6.07, 6.45) is 3.63. The lowest BCUT2D eigenvalue weighted by atomic mass is 10.1. The number of aromatic hydroxyl groups is 1. The highest BCUT2D eigenvalue weighted by atomic mass is 16.3. The molecular formula is C11H12N2O. The van der Waals surface area contributed by atoms with Crippen LogP contribution >= 0.6 is 0 Å². The molecule has 0 aliphatic rings. The lowest BCUT2D eigenvalue weighted by molar-refractivity contribution is 0.477. The number of hydrogen-bond donors (Lipinski definition) is 1. The highest BCUT2D eigenvalue weighted by Crippen LogP contribution is 2.29. The number of aromatic nitrogens is 2. The zero-order valence-corrected chi connectivity index (χ0v) is 8.23. The molecule has 0 aliphatic heterocycles. The van der Waals surface area contributed by atoms with Gasteiger partial charge in [0.05, 0.1) is 6.20 Å². The molecule has 0 fully saturated rings.